The van der Waals surface area contributed by atoms with Gasteiger partial charge in [-0.2, -0.15) is 0 Å². The maximum Gasteiger partial charge on any atom is 0.162 e. The molecule has 0 bridgehead atoms. The van der Waals surface area contributed by atoms with Crippen LogP contribution in [0, 0.1) is 6.92 Å². The summed E-state index contributed by atoms with van der Waals surface area (Å²) in [6.07, 6.45) is 3.32. The molecule has 0 saturated heterocycles. The van der Waals surface area contributed by atoms with Crippen LogP contribution in [-0.2, 0) is 0 Å². The van der Waals surface area contributed by atoms with Crippen molar-refractivity contribution in [3.05, 3.63) is 46.2 Å². The van der Waals surface area contributed by atoms with E-state index in [1.807, 2.05) is 19.1 Å². The number of aryl methyl sites for hydroxylation is 1. The van der Waals surface area contributed by atoms with Crippen molar-refractivity contribution in [3.63, 3.8) is 0 Å². The second-order valence-electron chi connectivity index (χ2n) is 3.18. The van der Waals surface area contributed by atoms with Gasteiger partial charge in [-0.15, -0.1) is 0 Å². The van der Waals surface area contributed by atoms with Crippen LogP contribution in [0.2, 0.25) is 10.0 Å². The van der Waals surface area contributed by atoms with Crippen molar-refractivity contribution in [2.75, 3.05) is 0 Å². The summed E-state index contributed by atoms with van der Waals surface area (Å²) in [5.41, 5.74) is 1.70. The molecule has 0 radical (unpaired) electrons. The highest BCUT2D eigenvalue weighted by Gasteiger charge is 2.11. The van der Waals surface area contributed by atoms with Crippen molar-refractivity contribution in [1.82, 2.24) is 9.97 Å². The Kier molecular flexibility index (Phi) is 2.89. The number of benzene rings is 1. The Balaban J connectivity index is 2.64. The third-order valence-corrected chi connectivity index (χ3v) is 2.57. The van der Waals surface area contributed by atoms with Gasteiger partial charge in [0.15, 0.2) is 5.82 Å². The number of nitrogens with zero attached hydrogens (tertiary/aromatic N) is 2. The molecule has 0 saturated carbocycles. The molecule has 0 amide bonds. The summed E-state index contributed by atoms with van der Waals surface area (Å²) in [7, 11) is 0. The molecule has 0 fully saturated rings. The summed E-state index contributed by atoms with van der Waals surface area (Å²) in [4.78, 5) is 8.24. The van der Waals surface area contributed by atoms with Crippen molar-refractivity contribution < 1.29 is 0 Å². The second kappa shape index (κ2) is 4.17. The number of halogens is 2. The molecule has 0 aliphatic carbocycles. The van der Waals surface area contributed by atoms with Crippen LogP contribution in [0.15, 0.2) is 30.6 Å². The van der Waals surface area contributed by atoms with Crippen LogP contribution in [0.4, 0.5) is 0 Å². The second-order valence-corrected chi connectivity index (χ2v) is 3.99. The lowest BCUT2D eigenvalue weighted by molar-refractivity contribution is 1.17. The third kappa shape index (κ3) is 2.11. The maximum atomic E-state index is 6.10. The molecule has 0 aliphatic rings. The van der Waals surface area contributed by atoms with Crippen LogP contribution in [0.25, 0.3) is 11.4 Å². The van der Waals surface area contributed by atoms with Gasteiger partial charge in [-0.3, -0.25) is 0 Å². The van der Waals surface area contributed by atoms with Gasteiger partial charge in [-0.25, -0.2) is 9.97 Å². The summed E-state index contributed by atoms with van der Waals surface area (Å²) in [6.45, 7) is 1.94. The summed E-state index contributed by atoms with van der Waals surface area (Å²) in [5.74, 6) is 0.549. The lowest BCUT2D eigenvalue weighted by atomic mass is 10.1. The highest BCUT2D eigenvalue weighted by atomic mass is 35.5. The van der Waals surface area contributed by atoms with Crippen LogP contribution >= 0.6 is 23.2 Å². The van der Waals surface area contributed by atoms with Crippen molar-refractivity contribution in [2.45, 2.75) is 6.92 Å². The van der Waals surface area contributed by atoms with Gasteiger partial charge in [-0.1, -0.05) is 23.2 Å². The maximum absolute atomic E-state index is 6.10. The van der Waals surface area contributed by atoms with Gasteiger partial charge in [0.25, 0.3) is 0 Å². The van der Waals surface area contributed by atoms with Gasteiger partial charge in [0.05, 0.1) is 15.6 Å². The summed E-state index contributed by atoms with van der Waals surface area (Å²) >= 11 is 12.2. The molecule has 76 valence electrons. The molecule has 0 N–H and O–H groups in total. The highest BCUT2D eigenvalue weighted by molar-refractivity contribution is 6.39. The zero-order valence-corrected chi connectivity index (χ0v) is 9.55. The van der Waals surface area contributed by atoms with Crippen molar-refractivity contribution in [2.24, 2.45) is 0 Å². The summed E-state index contributed by atoms with van der Waals surface area (Å²) in [5, 5.41) is 1.15. The Hall–Kier alpha value is -1.12. The first kappa shape index (κ1) is 10.4. The van der Waals surface area contributed by atoms with E-state index in [1.165, 1.54) is 0 Å². The van der Waals surface area contributed by atoms with E-state index in [0.29, 0.717) is 21.4 Å². The molecule has 0 atom stereocenters. The highest BCUT2D eigenvalue weighted by Crippen LogP contribution is 2.33. The van der Waals surface area contributed by atoms with E-state index >= 15 is 0 Å². The molecular formula is C11H8Cl2N2. The number of hydrogen-bond donors (Lipinski definition) is 0. The molecule has 1 aromatic heterocycles. The fourth-order valence-electron chi connectivity index (χ4n) is 1.34. The number of hydrogen-bond acceptors (Lipinski definition) is 2. The van der Waals surface area contributed by atoms with Gasteiger partial charge in [-0.05, 0) is 30.7 Å². The summed E-state index contributed by atoms with van der Waals surface area (Å²) < 4.78 is 0. The van der Waals surface area contributed by atoms with Crippen molar-refractivity contribution >= 4 is 23.2 Å². The number of aromatic nitrogens is 2. The standard InChI is InChI=1S/C11H8Cl2N2/c1-7-5-8(12)10(9(13)6-7)11-14-3-2-4-15-11/h2-6H,1H3. The van der Waals surface area contributed by atoms with Crippen LogP contribution in [0.1, 0.15) is 5.56 Å². The van der Waals surface area contributed by atoms with Crippen molar-refractivity contribution in [3.8, 4) is 11.4 Å². The molecule has 1 heterocycles. The Morgan fingerprint density at radius 2 is 1.53 bits per heavy atom. The van der Waals surface area contributed by atoms with Crippen LogP contribution in [0.5, 0.6) is 0 Å². The Morgan fingerprint density at radius 1 is 1.00 bits per heavy atom. The Bertz CT molecular complexity index is 460. The molecule has 2 aromatic rings. The van der Waals surface area contributed by atoms with E-state index in [1.54, 1.807) is 18.5 Å². The minimum atomic E-state index is 0.549. The van der Waals surface area contributed by atoms with Gasteiger partial charge in [0.1, 0.15) is 0 Å². The fraction of sp³-hybridized carbons (Fsp3) is 0.0909. The normalized spacial score (nSPS) is 10.3. The number of rotatable bonds is 1. The molecule has 0 spiro atoms. The molecule has 4 heteroatoms. The van der Waals surface area contributed by atoms with Gasteiger partial charge < -0.3 is 0 Å². The summed E-state index contributed by atoms with van der Waals surface area (Å²) in [6, 6.07) is 5.44. The Labute approximate surface area is 97.9 Å². The molecule has 0 unspecified atom stereocenters. The van der Waals surface area contributed by atoms with E-state index in [2.05, 4.69) is 9.97 Å². The van der Waals surface area contributed by atoms with Crippen LogP contribution < -0.4 is 0 Å². The van der Waals surface area contributed by atoms with Gasteiger partial charge in [0.2, 0.25) is 0 Å². The molecule has 2 nitrogen and oxygen atoms in total. The zero-order chi connectivity index (χ0) is 10.8. The van der Waals surface area contributed by atoms with E-state index in [0.717, 1.165) is 5.56 Å². The van der Waals surface area contributed by atoms with E-state index in [9.17, 15) is 0 Å². The molecule has 1 aromatic carbocycles. The van der Waals surface area contributed by atoms with Crippen molar-refractivity contribution in [1.29, 1.82) is 0 Å². The predicted molar refractivity (Wildman–Crippen MR) is 62.2 cm³/mol. The molecule has 0 aliphatic heterocycles. The lowest BCUT2D eigenvalue weighted by Crippen LogP contribution is -1.90. The monoisotopic (exact) mass is 238 g/mol. The third-order valence-electron chi connectivity index (χ3n) is 1.98. The zero-order valence-electron chi connectivity index (χ0n) is 8.04. The fourth-order valence-corrected chi connectivity index (χ4v) is 2.11. The smallest absolute Gasteiger partial charge is 0.162 e. The molecule has 15 heavy (non-hydrogen) atoms. The first-order valence-corrected chi connectivity index (χ1v) is 5.17. The topological polar surface area (TPSA) is 25.8 Å². The molecule has 2 rings (SSSR count). The lowest BCUT2D eigenvalue weighted by Gasteiger charge is -2.06. The van der Waals surface area contributed by atoms with Crippen LogP contribution in [0.3, 0.4) is 0 Å². The van der Waals surface area contributed by atoms with Gasteiger partial charge in [0, 0.05) is 12.4 Å². The molecular weight excluding hydrogens is 231 g/mol. The predicted octanol–water partition coefficient (Wildman–Crippen LogP) is 3.76. The first-order chi connectivity index (χ1) is 7.18. The van der Waals surface area contributed by atoms with Crippen LogP contribution in [-0.4, -0.2) is 9.97 Å². The van der Waals surface area contributed by atoms with E-state index in [4.69, 9.17) is 23.2 Å². The Morgan fingerprint density at radius 3 is 2.07 bits per heavy atom. The first-order valence-electron chi connectivity index (χ1n) is 4.41. The van der Waals surface area contributed by atoms with E-state index < -0.39 is 0 Å². The largest absolute Gasteiger partial charge is 0.236 e. The minimum Gasteiger partial charge on any atom is -0.236 e. The quantitative estimate of drug-likeness (QED) is 0.757. The van der Waals surface area contributed by atoms with E-state index in [-0.39, 0.29) is 0 Å². The average Bonchev–Trinajstić information content (AvgIpc) is 2.17. The SMILES string of the molecule is Cc1cc(Cl)c(-c2ncccn2)c(Cl)c1. The minimum absolute atomic E-state index is 0.549. The van der Waals surface area contributed by atoms with Gasteiger partial charge >= 0.3 is 0 Å². The average molecular weight is 239 g/mol.